The van der Waals surface area contributed by atoms with Gasteiger partial charge in [-0.15, -0.1) is 0 Å². The summed E-state index contributed by atoms with van der Waals surface area (Å²) in [6.45, 7) is 3.97. The first kappa shape index (κ1) is 9.71. The van der Waals surface area contributed by atoms with E-state index in [1.807, 2.05) is 38.1 Å². The second-order valence-electron chi connectivity index (χ2n) is 3.70. The standard InChI is InChI=1S/C11H14N4/c1-8(2)14-11(12)15-10-6-4-3-5-9(10)7-13-15/h3-8H,1-2H3,(H2,12,14). The summed E-state index contributed by atoms with van der Waals surface area (Å²) in [6.07, 6.45) is 1.79. The van der Waals surface area contributed by atoms with E-state index in [2.05, 4.69) is 10.1 Å². The Morgan fingerprint density at radius 2 is 2.13 bits per heavy atom. The molecule has 0 bridgehead atoms. The van der Waals surface area contributed by atoms with E-state index in [1.54, 1.807) is 10.9 Å². The number of rotatable bonds is 1. The number of para-hydroxylation sites is 1. The van der Waals surface area contributed by atoms with Crippen molar-refractivity contribution in [3.8, 4) is 0 Å². The van der Waals surface area contributed by atoms with Gasteiger partial charge in [0.1, 0.15) is 0 Å². The largest absolute Gasteiger partial charge is 0.368 e. The van der Waals surface area contributed by atoms with Gasteiger partial charge in [-0.25, -0.2) is 9.67 Å². The first-order valence-electron chi connectivity index (χ1n) is 4.95. The monoisotopic (exact) mass is 202 g/mol. The van der Waals surface area contributed by atoms with Crippen LogP contribution in [0, 0.1) is 0 Å². The van der Waals surface area contributed by atoms with Gasteiger partial charge in [0, 0.05) is 11.4 Å². The molecule has 0 aliphatic carbocycles. The van der Waals surface area contributed by atoms with Crippen molar-refractivity contribution in [1.82, 2.24) is 9.78 Å². The number of hydrogen-bond donors (Lipinski definition) is 1. The fraction of sp³-hybridized carbons (Fsp3) is 0.273. The molecule has 0 atom stereocenters. The lowest BCUT2D eigenvalue weighted by Gasteiger charge is -2.03. The van der Waals surface area contributed by atoms with Gasteiger partial charge in [-0.1, -0.05) is 18.2 Å². The van der Waals surface area contributed by atoms with E-state index >= 15 is 0 Å². The molecule has 2 N–H and O–H groups in total. The molecule has 15 heavy (non-hydrogen) atoms. The third-order valence-electron chi connectivity index (χ3n) is 2.08. The first-order chi connectivity index (χ1) is 7.18. The van der Waals surface area contributed by atoms with E-state index in [4.69, 9.17) is 5.73 Å². The fourth-order valence-corrected chi connectivity index (χ4v) is 1.47. The van der Waals surface area contributed by atoms with E-state index in [-0.39, 0.29) is 6.04 Å². The minimum atomic E-state index is 0.174. The molecule has 1 aromatic heterocycles. The van der Waals surface area contributed by atoms with Crippen molar-refractivity contribution in [1.29, 1.82) is 0 Å². The molecule has 0 amide bonds. The number of benzene rings is 1. The van der Waals surface area contributed by atoms with Crippen molar-refractivity contribution in [3.63, 3.8) is 0 Å². The van der Waals surface area contributed by atoms with E-state index in [9.17, 15) is 0 Å². The van der Waals surface area contributed by atoms with Crippen LogP contribution in [0.15, 0.2) is 35.5 Å². The van der Waals surface area contributed by atoms with Crippen LogP contribution >= 0.6 is 0 Å². The van der Waals surface area contributed by atoms with Crippen LogP contribution in [0.1, 0.15) is 13.8 Å². The highest BCUT2D eigenvalue weighted by atomic mass is 15.3. The minimum Gasteiger partial charge on any atom is -0.368 e. The van der Waals surface area contributed by atoms with Gasteiger partial charge in [0.25, 0.3) is 0 Å². The summed E-state index contributed by atoms with van der Waals surface area (Å²) in [5.41, 5.74) is 6.84. The van der Waals surface area contributed by atoms with Gasteiger partial charge in [-0.2, -0.15) is 5.10 Å². The number of nitrogens with zero attached hydrogens (tertiary/aromatic N) is 3. The van der Waals surface area contributed by atoms with Crippen molar-refractivity contribution < 1.29 is 0 Å². The summed E-state index contributed by atoms with van der Waals surface area (Å²) in [4.78, 5) is 4.26. The van der Waals surface area contributed by atoms with Crippen LogP contribution in [-0.2, 0) is 0 Å². The van der Waals surface area contributed by atoms with Gasteiger partial charge in [-0.3, -0.25) is 0 Å². The Hall–Kier alpha value is -1.84. The zero-order valence-electron chi connectivity index (χ0n) is 8.88. The molecule has 78 valence electrons. The van der Waals surface area contributed by atoms with Crippen LogP contribution < -0.4 is 5.73 Å². The van der Waals surface area contributed by atoms with Crippen LogP contribution in [-0.4, -0.2) is 21.8 Å². The molecule has 0 saturated carbocycles. The highest BCUT2D eigenvalue weighted by Crippen LogP contribution is 2.11. The molecule has 1 aromatic carbocycles. The van der Waals surface area contributed by atoms with Crippen LogP contribution in [0.5, 0.6) is 0 Å². The Balaban J connectivity index is 2.53. The first-order valence-corrected chi connectivity index (χ1v) is 4.95. The average molecular weight is 202 g/mol. The molecular weight excluding hydrogens is 188 g/mol. The molecule has 4 nitrogen and oxygen atoms in total. The lowest BCUT2D eigenvalue weighted by atomic mass is 10.3. The Morgan fingerprint density at radius 1 is 1.40 bits per heavy atom. The zero-order chi connectivity index (χ0) is 10.8. The van der Waals surface area contributed by atoms with Crippen molar-refractivity contribution in [2.24, 2.45) is 10.7 Å². The molecule has 4 heteroatoms. The van der Waals surface area contributed by atoms with Crippen molar-refractivity contribution in [2.45, 2.75) is 19.9 Å². The third-order valence-corrected chi connectivity index (χ3v) is 2.08. The average Bonchev–Trinajstić information content (AvgIpc) is 2.59. The summed E-state index contributed by atoms with van der Waals surface area (Å²) >= 11 is 0. The molecule has 0 radical (unpaired) electrons. The summed E-state index contributed by atoms with van der Waals surface area (Å²) in [6, 6.07) is 8.09. The third kappa shape index (κ3) is 1.83. The number of nitrogens with two attached hydrogens (primary N) is 1. The van der Waals surface area contributed by atoms with Gasteiger partial charge >= 0.3 is 0 Å². The number of fused-ring (bicyclic) bond motifs is 1. The number of hydrogen-bond acceptors (Lipinski definition) is 2. The number of aromatic nitrogens is 2. The Labute approximate surface area is 88.4 Å². The lowest BCUT2D eigenvalue weighted by Crippen LogP contribution is -2.24. The molecule has 0 aliphatic heterocycles. The van der Waals surface area contributed by atoms with Crippen molar-refractivity contribution >= 4 is 16.9 Å². The summed E-state index contributed by atoms with van der Waals surface area (Å²) in [5, 5.41) is 5.28. The molecule has 2 rings (SSSR count). The topological polar surface area (TPSA) is 56.2 Å². The quantitative estimate of drug-likeness (QED) is 0.564. The number of aliphatic imine (C=N–C) groups is 1. The summed E-state index contributed by atoms with van der Waals surface area (Å²) < 4.78 is 1.66. The predicted octanol–water partition coefficient (Wildman–Crippen LogP) is 1.61. The normalized spacial score (nSPS) is 12.6. The maximum atomic E-state index is 5.86. The predicted molar refractivity (Wildman–Crippen MR) is 61.9 cm³/mol. The molecule has 1 heterocycles. The highest BCUT2D eigenvalue weighted by molar-refractivity contribution is 5.91. The van der Waals surface area contributed by atoms with Gasteiger partial charge in [-0.05, 0) is 19.9 Å². The highest BCUT2D eigenvalue weighted by Gasteiger charge is 2.04. The molecular formula is C11H14N4. The lowest BCUT2D eigenvalue weighted by molar-refractivity contribution is 0.810. The summed E-state index contributed by atoms with van der Waals surface area (Å²) in [5.74, 6) is 0.436. The van der Waals surface area contributed by atoms with E-state index in [1.165, 1.54) is 0 Å². The molecule has 0 aliphatic rings. The molecule has 0 fully saturated rings. The van der Waals surface area contributed by atoms with E-state index in [0.29, 0.717) is 5.96 Å². The maximum absolute atomic E-state index is 5.86. The Bertz CT molecular complexity index is 496. The SMILES string of the molecule is CC(C)N=C(N)n1ncc2ccccc21. The van der Waals surface area contributed by atoms with Crippen molar-refractivity contribution in [2.75, 3.05) is 0 Å². The second-order valence-corrected chi connectivity index (χ2v) is 3.70. The Kier molecular flexibility index (Phi) is 2.41. The fourth-order valence-electron chi connectivity index (χ4n) is 1.47. The molecule has 0 spiro atoms. The maximum Gasteiger partial charge on any atom is 0.217 e. The van der Waals surface area contributed by atoms with Gasteiger partial charge < -0.3 is 5.73 Å². The van der Waals surface area contributed by atoms with Crippen molar-refractivity contribution in [3.05, 3.63) is 30.5 Å². The van der Waals surface area contributed by atoms with E-state index < -0.39 is 0 Å². The minimum absolute atomic E-state index is 0.174. The smallest absolute Gasteiger partial charge is 0.217 e. The molecule has 2 aromatic rings. The van der Waals surface area contributed by atoms with Gasteiger partial charge in [0.05, 0.1) is 11.7 Å². The van der Waals surface area contributed by atoms with Crippen LogP contribution in [0.4, 0.5) is 0 Å². The van der Waals surface area contributed by atoms with Gasteiger partial charge in [0.2, 0.25) is 5.96 Å². The van der Waals surface area contributed by atoms with Crippen LogP contribution in [0.2, 0.25) is 0 Å². The zero-order valence-corrected chi connectivity index (χ0v) is 8.88. The van der Waals surface area contributed by atoms with Crippen LogP contribution in [0.25, 0.3) is 10.9 Å². The Morgan fingerprint density at radius 3 is 2.87 bits per heavy atom. The molecule has 0 saturated heterocycles. The van der Waals surface area contributed by atoms with Gasteiger partial charge in [0.15, 0.2) is 0 Å². The summed E-state index contributed by atoms with van der Waals surface area (Å²) in [7, 11) is 0. The van der Waals surface area contributed by atoms with Crippen LogP contribution in [0.3, 0.4) is 0 Å². The molecule has 0 unspecified atom stereocenters. The van der Waals surface area contributed by atoms with E-state index in [0.717, 1.165) is 10.9 Å². The second kappa shape index (κ2) is 3.73.